The van der Waals surface area contributed by atoms with E-state index >= 15 is 0 Å². The predicted molar refractivity (Wildman–Crippen MR) is 55.8 cm³/mol. The Kier molecular flexibility index (Phi) is 2.36. The van der Waals surface area contributed by atoms with Gasteiger partial charge in [-0.15, -0.1) is 0 Å². The molecule has 0 aliphatic heterocycles. The lowest BCUT2D eigenvalue weighted by Crippen LogP contribution is -2.19. The fourth-order valence-electron chi connectivity index (χ4n) is 2.06. The quantitative estimate of drug-likeness (QED) is 0.601. The molecule has 0 aromatic heterocycles. The van der Waals surface area contributed by atoms with Crippen molar-refractivity contribution in [2.75, 3.05) is 0 Å². The van der Waals surface area contributed by atoms with Crippen LogP contribution in [0.1, 0.15) is 29.5 Å². The molecular weight excluding hydrogens is 158 g/mol. The molecule has 1 atom stereocenters. The minimum Gasteiger partial charge on any atom is -0.328 e. The van der Waals surface area contributed by atoms with E-state index in [0.717, 1.165) is 25.7 Å². The van der Waals surface area contributed by atoms with Crippen molar-refractivity contribution in [2.45, 2.75) is 38.6 Å². The highest BCUT2D eigenvalue weighted by Gasteiger charge is 2.12. The summed E-state index contributed by atoms with van der Waals surface area (Å²) in [6.45, 7) is 2.16. The Morgan fingerprint density at radius 3 is 2.62 bits per heavy atom. The van der Waals surface area contributed by atoms with E-state index in [-0.39, 0.29) is 0 Å². The van der Waals surface area contributed by atoms with Crippen LogP contribution in [0, 0.1) is 6.92 Å². The maximum absolute atomic E-state index is 5.95. The molecule has 1 aliphatic carbocycles. The molecule has 70 valence electrons. The van der Waals surface area contributed by atoms with Gasteiger partial charge in [0.1, 0.15) is 0 Å². The molecule has 0 saturated carbocycles. The fourth-order valence-corrected chi connectivity index (χ4v) is 2.06. The van der Waals surface area contributed by atoms with Gasteiger partial charge in [-0.2, -0.15) is 0 Å². The lowest BCUT2D eigenvalue weighted by atomic mass is 10.0. The molecule has 0 heterocycles. The SMILES string of the molecule is Cc1ccc2c(c1)CCC(N)CC2. The molecule has 0 spiro atoms. The van der Waals surface area contributed by atoms with Crippen molar-refractivity contribution in [3.05, 3.63) is 34.9 Å². The van der Waals surface area contributed by atoms with Crippen molar-refractivity contribution in [3.63, 3.8) is 0 Å². The molecule has 13 heavy (non-hydrogen) atoms. The van der Waals surface area contributed by atoms with Crippen molar-refractivity contribution in [3.8, 4) is 0 Å². The summed E-state index contributed by atoms with van der Waals surface area (Å²) in [6.07, 6.45) is 4.63. The number of hydrogen-bond acceptors (Lipinski definition) is 1. The van der Waals surface area contributed by atoms with Gasteiger partial charge in [0.25, 0.3) is 0 Å². The molecular formula is C12H17N. The third kappa shape index (κ3) is 1.92. The fraction of sp³-hybridized carbons (Fsp3) is 0.500. The van der Waals surface area contributed by atoms with Crippen molar-refractivity contribution in [1.29, 1.82) is 0 Å². The molecule has 0 amide bonds. The van der Waals surface area contributed by atoms with Crippen LogP contribution >= 0.6 is 0 Å². The second-order valence-corrected chi connectivity index (χ2v) is 4.11. The van der Waals surface area contributed by atoms with Crippen LogP contribution in [0.25, 0.3) is 0 Å². The summed E-state index contributed by atoms with van der Waals surface area (Å²) < 4.78 is 0. The van der Waals surface area contributed by atoms with E-state index in [9.17, 15) is 0 Å². The normalized spacial score (nSPS) is 22.2. The molecule has 1 aliphatic rings. The molecule has 1 aromatic carbocycles. The first-order valence-corrected chi connectivity index (χ1v) is 5.09. The van der Waals surface area contributed by atoms with Crippen molar-refractivity contribution in [1.82, 2.24) is 0 Å². The highest BCUT2D eigenvalue weighted by atomic mass is 14.6. The van der Waals surface area contributed by atoms with Crippen molar-refractivity contribution >= 4 is 0 Å². The molecule has 0 saturated heterocycles. The summed E-state index contributed by atoms with van der Waals surface area (Å²) in [6, 6.07) is 7.19. The van der Waals surface area contributed by atoms with Gasteiger partial charge < -0.3 is 5.73 Å². The molecule has 2 N–H and O–H groups in total. The first-order valence-electron chi connectivity index (χ1n) is 5.09. The topological polar surface area (TPSA) is 26.0 Å². The summed E-state index contributed by atoms with van der Waals surface area (Å²) in [5.41, 5.74) is 10.4. The van der Waals surface area contributed by atoms with Crippen LogP contribution in [-0.2, 0) is 12.8 Å². The summed E-state index contributed by atoms with van der Waals surface area (Å²) >= 11 is 0. The van der Waals surface area contributed by atoms with Gasteiger partial charge >= 0.3 is 0 Å². The lowest BCUT2D eigenvalue weighted by molar-refractivity contribution is 0.589. The zero-order valence-electron chi connectivity index (χ0n) is 8.22. The van der Waals surface area contributed by atoms with Gasteiger partial charge in [0.05, 0.1) is 0 Å². The second-order valence-electron chi connectivity index (χ2n) is 4.11. The first-order chi connectivity index (χ1) is 6.25. The average Bonchev–Trinajstić information content (AvgIpc) is 2.29. The Bertz CT molecular complexity index is 304. The Balaban J connectivity index is 2.30. The monoisotopic (exact) mass is 175 g/mol. The minimum atomic E-state index is 0.410. The average molecular weight is 175 g/mol. The first kappa shape index (κ1) is 8.76. The number of aryl methyl sites for hydroxylation is 3. The van der Waals surface area contributed by atoms with E-state index in [0.29, 0.717) is 6.04 Å². The van der Waals surface area contributed by atoms with E-state index in [2.05, 4.69) is 25.1 Å². The maximum Gasteiger partial charge on any atom is 0.00451 e. The Hall–Kier alpha value is -0.820. The van der Waals surface area contributed by atoms with Gasteiger partial charge in [-0.25, -0.2) is 0 Å². The molecule has 1 unspecified atom stereocenters. The Morgan fingerprint density at radius 1 is 1.15 bits per heavy atom. The van der Waals surface area contributed by atoms with Gasteiger partial charge in [0.2, 0.25) is 0 Å². The Morgan fingerprint density at radius 2 is 1.85 bits per heavy atom. The summed E-state index contributed by atoms with van der Waals surface area (Å²) in [5.74, 6) is 0. The number of rotatable bonds is 0. The van der Waals surface area contributed by atoms with Crippen LogP contribution in [0.3, 0.4) is 0 Å². The number of hydrogen-bond donors (Lipinski definition) is 1. The zero-order valence-corrected chi connectivity index (χ0v) is 8.22. The number of fused-ring (bicyclic) bond motifs is 1. The summed E-state index contributed by atoms with van der Waals surface area (Å²) in [7, 11) is 0. The van der Waals surface area contributed by atoms with Gasteiger partial charge in [0.15, 0.2) is 0 Å². The smallest absolute Gasteiger partial charge is 0.00451 e. The van der Waals surface area contributed by atoms with Crippen molar-refractivity contribution < 1.29 is 0 Å². The van der Waals surface area contributed by atoms with E-state index in [4.69, 9.17) is 5.73 Å². The summed E-state index contributed by atoms with van der Waals surface area (Å²) in [4.78, 5) is 0. The van der Waals surface area contributed by atoms with Crippen LogP contribution in [0.2, 0.25) is 0 Å². The maximum atomic E-state index is 5.95. The second kappa shape index (κ2) is 3.51. The highest BCUT2D eigenvalue weighted by Crippen LogP contribution is 2.20. The van der Waals surface area contributed by atoms with Gasteiger partial charge in [0, 0.05) is 6.04 Å². The molecule has 0 fully saturated rings. The zero-order chi connectivity index (χ0) is 9.26. The lowest BCUT2D eigenvalue weighted by Gasteiger charge is -2.05. The largest absolute Gasteiger partial charge is 0.328 e. The summed E-state index contributed by atoms with van der Waals surface area (Å²) in [5, 5.41) is 0. The third-order valence-electron chi connectivity index (χ3n) is 2.93. The molecule has 0 radical (unpaired) electrons. The van der Waals surface area contributed by atoms with Crippen LogP contribution < -0.4 is 5.73 Å². The van der Waals surface area contributed by atoms with Crippen LogP contribution in [0.15, 0.2) is 18.2 Å². The van der Waals surface area contributed by atoms with Gasteiger partial charge in [-0.05, 0) is 43.7 Å². The van der Waals surface area contributed by atoms with Crippen molar-refractivity contribution in [2.24, 2.45) is 5.73 Å². The van der Waals surface area contributed by atoms with Crippen LogP contribution in [0.4, 0.5) is 0 Å². The van der Waals surface area contributed by atoms with Gasteiger partial charge in [-0.1, -0.05) is 23.8 Å². The van der Waals surface area contributed by atoms with E-state index in [1.54, 1.807) is 0 Å². The minimum absolute atomic E-state index is 0.410. The Labute approximate surface area is 80.0 Å². The van der Waals surface area contributed by atoms with Gasteiger partial charge in [-0.3, -0.25) is 0 Å². The van der Waals surface area contributed by atoms with E-state index < -0.39 is 0 Å². The molecule has 1 nitrogen and oxygen atoms in total. The number of benzene rings is 1. The standard InChI is InChI=1S/C12H17N/c1-9-2-3-10-4-6-12(13)7-5-11(10)8-9/h2-3,8,12H,4-7,13H2,1H3. The van der Waals surface area contributed by atoms with E-state index in [1.165, 1.54) is 16.7 Å². The molecule has 0 bridgehead atoms. The predicted octanol–water partition coefficient (Wildman–Crippen LogP) is 2.20. The molecule has 1 heteroatoms. The molecule has 2 rings (SSSR count). The van der Waals surface area contributed by atoms with Crippen LogP contribution in [-0.4, -0.2) is 6.04 Å². The van der Waals surface area contributed by atoms with E-state index in [1.807, 2.05) is 0 Å². The third-order valence-corrected chi connectivity index (χ3v) is 2.93. The highest BCUT2D eigenvalue weighted by molar-refractivity contribution is 5.32. The number of nitrogens with two attached hydrogens (primary N) is 1. The molecule has 1 aromatic rings. The van der Waals surface area contributed by atoms with Crippen LogP contribution in [0.5, 0.6) is 0 Å².